The fraction of sp³-hybridized carbons (Fsp3) is 0.778. The lowest BCUT2D eigenvalue weighted by atomic mass is 9.81. The van der Waals surface area contributed by atoms with Crippen LogP contribution in [0.3, 0.4) is 0 Å². The Bertz CT molecular complexity index is 199. The maximum Gasteiger partial charge on any atom is 0.303 e. The molecule has 0 aromatic carbocycles. The molecule has 1 N–H and O–H groups in total. The minimum absolute atomic E-state index is 0.176. The summed E-state index contributed by atoms with van der Waals surface area (Å²) in [6.45, 7) is 0. The van der Waals surface area contributed by atoms with Crippen LogP contribution in [0.5, 0.6) is 0 Å². The first-order chi connectivity index (χ1) is 5.72. The van der Waals surface area contributed by atoms with Gasteiger partial charge in [-0.3, -0.25) is 4.79 Å². The Balaban J connectivity index is 2.27. The van der Waals surface area contributed by atoms with Crippen molar-refractivity contribution in [1.29, 1.82) is 5.26 Å². The molecule has 12 heavy (non-hydrogen) atoms. The first-order valence-electron chi connectivity index (χ1n) is 4.33. The summed E-state index contributed by atoms with van der Waals surface area (Å²) in [6.07, 6.45) is 3.86. The summed E-state index contributed by atoms with van der Waals surface area (Å²) >= 11 is 0. The summed E-state index contributed by atoms with van der Waals surface area (Å²) in [6, 6.07) is 2.23. The maximum absolute atomic E-state index is 10.4. The average Bonchev–Trinajstić information content (AvgIpc) is 2.05. The summed E-state index contributed by atoms with van der Waals surface area (Å²) in [5, 5.41) is 17.1. The van der Waals surface area contributed by atoms with Gasteiger partial charge >= 0.3 is 5.97 Å². The van der Waals surface area contributed by atoms with E-state index in [-0.39, 0.29) is 12.3 Å². The summed E-state index contributed by atoms with van der Waals surface area (Å²) < 4.78 is 0. The Morgan fingerprint density at radius 3 is 2.42 bits per heavy atom. The van der Waals surface area contributed by atoms with Crippen LogP contribution in [0.15, 0.2) is 0 Å². The SMILES string of the molecule is N#CC1CCC(CC(=O)O)CC1. The zero-order chi connectivity index (χ0) is 8.97. The smallest absolute Gasteiger partial charge is 0.303 e. The molecular weight excluding hydrogens is 154 g/mol. The predicted molar refractivity (Wildman–Crippen MR) is 43.3 cm³/mol. The molecule has 0 unspecified atom stereocenters. The van der Waals surface area contributed by atoms with E-state index in [1.54, 1.807) is 0 Å². The van der Waals surface area contributed by atoms with Crippen LogP contribution < -0.4 is 0 Å². The third-order valence-electron chi connectivity index (χ3n) is 2.49. The van der Waals surface area contributed by atoms with Gasteiger partial charge in [-0.25, -0.2) is 0 Å². The minimum Gasteiger partial charge on any atom is -0.481 e. The largest absolute Gasteiger partial charge is 0.481 e. The molecule has 0 aromatic heterocycles. The quantitative estimate of drug-likeness (QED) is 0.682. The highest BCUT2D eigenvalue weighted by molar-refractivity contribution is 5.67. The van der Waals surface area contributed by atoms with E-state index in [2.05, 4.69) is 6.07 Å². The molecule has 66 valence electrons. The molecule has 1 fully saturated rings. The Hall–Kier alpha value is -1.04. The molecule has 0 atom stereocenters. The monoisotopic (exact) mass is 167 g/mol. The highest BCUT2D eigenvalue weighted by Gasteiger charge is 2.22. The second-order valence-electron chi connectivity index (χ2n) is 3.44. The molecule has 1 rings (SSSR count). The number of carboxylic acids is 1. The molecule has 3 nitrogen and oxygen atoms in total. The Morgan fingerprint density at radius 1 is 1.42 bits per heavy atom. The fourth-order valence-electron chi connectivity index (χ4n) is 1.74. The van der Waals surface area contributed by atoms with Crippen molar-refractivity contribution in [3.63, 3.8) is 0 Å². The standard InChI is InChI=1S/C9H13NO2/c10-6-8-3-1-7(2-4-8)5-9(11)12/h7-8H,1-5H2,(H,11,12). The van der Waals surface area contributed by atoms with Gasteiger partial charge in [-0.1, -0.05) is 0 Å². The van der Waals surface area contributed by atoms with Gasteiger partial charge in [-0.2, -0.15) is 5.26 Å². The van der Waals surface area contributed by atoms with Crippen molar-refractivity contribution in [1.82, 2.24) is 0 Å². The number of rotatable bonds is 2. The van der Waals surface area contributed by atoms with Crippen molar-refractivity contribution in [2.75, 3.05) is 0 Å². The first kappa shape index (κ1) is 9.05. The van der Waals surface area contributed by atoms with E-state index in [4.69, 9.17) is 10.4 Å². The highest BCUT2D eigenvalue weighted by Crippen LogP contribution is 2.30. The lowest BCUT2D eigenvalue weighted by Crippen LogP contribution is -2.16. The van der Waals surface area contributed by atoms with E-state index < -0.39 is 5.97 Å². The van der Waals surface area contributed by atoms with E-state index in [9.17, 15) is 4.79 Å². The second-order valence-corrected chi connectivity index (χ2v) is 3.44. The Morgan fingerprint density at radius 2 is 2.00 bits per heavy atom. The molecular formula is C9H13NO2. The third-order valence-corrected chi connectivity index (χ3v) is 2.49. The third kappa shape index (κ3) is 2.54. The first-order valence-corrected chi connectivity index (χ1v) is 4.33. The van der Waals surface area contributed by atoms with Gasteiger partial charge in [0.15, 0.2) is 0 Å². The molecule has 1 saturated carbocycles. The van der Waals surface area contributed by atoms with E-state index in [1.807, 2.05) is 0 Å². The van der Waals surface area contributed by atoms with Gasteiger partial charge in [-0.15, -0.1) is 0 Å². The fourth-order valence-corrected chi connectivity index (χ4v) is 1.74. The number of nitrogens with zero attached hydrogens (tertiary/aromatic N) is 1. The van der Waals surface area contributed by atoms with Crippen molar-refractivity contribution >= 4 is 5.97 Å². The van der Waals surface area contributed by atoms with Crippen molar-refractivity contribution in [2.45, 2.75) is 32.1 Å². The molecule has 3 heteroatoms. The highest BCUT2D eigenvalue weighted by atomic mass is 16.4. The van der Waals surface area contributed by atoms with Gasteiger partial charge in [0, 0.05) is 12.3 Å². The van der Waals surface area contributed by atoms with Crippen LogP contribution in [0.4, 0.5) is 0 Å². The number of hydrogen-bond donors (Lipinski definition) is 1. The van der Waals surface area contributed by atoms with Gasteiger partial charge in [0.25, 0.3) is 0 Å². The Labute approximate surface area is 72.0 Å². The van der Waals surface area contributed by atoms with Crippen LogP contribution in [-0.2, 0) is 4.79 Å². The molecule has 0 saturated heterocycles. The molecule has 1 aliphatic carbocycles. The van der Waals surface area contributed by atoms with Gasteiger partial charge in [-0.05, 0) is 31.6 Å². The number of carbonyl (C=O) groups is 1. The van der Waals surface area contributed by atoms with E-state index >= 15 is 0 Å². The molecule has 0 heterocycles. The molecule has 1 aliphatic rings. The molecule has 0 aromatic rings. The lowest BCUT2D eigenvalue weighted by Gasteiger charge is -2.22. The molecule has 0 radical (unpaired) electrons. The summed E-state index contributed by atoms with van der Waals surface area (Å²) in [4.78, 5) is 10.4. The van der Waals surface area contributed by atoms with E-state index in [0.717, 1.165) is 25.7 Å². The van der Waals surface area contributed by atoms with Crippen LogP contribution in [0.25, 0.3) is 0 Å². The topological polar surface area (TPSA) is 61.1 Å². The second kappa shape index (κ2) is 4.10. The summed E-state index contributed by atoms with van der Waals surface area (Å²) in [7, 11) is 0. The van der Waals surface area contributed by atoms with E-state index in [1.165, 1.54) is 0 Å². The molecule has 0 aliphatic heterocycles. The van der Waals surface area contributed by atoms with Gasteiger partial charge in [0.2, 0.25) is 0 Å². The maximum atomic E-state index is 10.4. The lowest BCUT2D eigenvalue weighted by molar-refractivity contribution is -0.138. The molecule has 0 spiro atoms. The molecule has 0 amide bonds. The van der Waals surface area contributed by atoms with Crippen LogP contribution in [0, 0.1) is 23.2 Å². The predicted octanol–water partition coefficient (Wildman–Crippen LogP) is 1.79. The van der Waals surface area contributed by atoms with Gasteiger partial charge in [0.05, 0.1) is 6.07 Å². The number of carboxylic acid groups (broad SMARTS) is 1. The van der Waals surface area contributed by atoms with Crippen LogP contribution in [0.2, 0.25) is 0 Å². The van der Waals surface area contributed by atoms with Crippen LogP contribution in [-0.4, -0.2) is 11.1 Å². The summed E-state index contributed by atoms with van der Waals surface area (Å²) in [5.74, 6) is -0.224. The molecule has 0 bridgehead atoms. The zero-order valence-corrected chi connectivity index (χ0v) is 6.99. The van der Waals surface area contributed by atoms with Crippen molar-refractivity contribution in [2.24, 2.45) is 11.8 Å². The number of aliphatic carboxylic acids is 1. The van der Waals surface area contributed by atoms with Crippen molar-refractivity contribution < 1.29 is 9.90 Å². The number of nitriles is 1. The van der Waals surface area contributed by atoms with Crippen LogP contribution in [0.1, 0.15) is 32.1 Å². The van der Waals surface area contributed by atoms with Crippen molar-refractivity contribution in [3.8, 4) is 6.07 Å². The van der Waals surface area contributed by atoms with Gasteiger partial charge < -0.3 is 5.11 Å². The van der Waals surface area contributed by atoms with Crippen LogP contribution >= 0.6 is 0 Å². The normalized spacial score (nSPS) is 29.2. The van der Waals surface area contributed by atoms with Gasteiger partial charge in [0.1, 0.15) is 0 Å². The summed E-state index contributed by atoms with van der Waals surface area (Å²) in [5.41, 5.74) is 0. The van der Waals surface area contributed by atoms with Crippen molar-refractivity contribution in [3.05, 3.63) is 0 Å². The number of hydrogen-bond acceptors (Lipinski definition) is 2. The van der Waals surface area contributed by atoms with E-state index in [0.29, 0.717) is 5.92 Å². The Kier molecular flexibility index (Phi) is 3.09. The average molecular weight is 167 g/mol. The minimum atomic E-state index is -0.713. The zero-order valence-electron chi connectivity index (χ0n) is 6.99.